The summed E-state index contributed by atoms with van der Waals surface area (Å²) in [7, 11) is -3.81. The summed E-state index contributed by atoms with van der Waals surface area (Å²) in [6, 6.07) is 3.48. The van der Waals surface area contributed by atoms with Gasteiger partial charge in [-0.3, -0.25) is 4.72 Å². The van der Waals surface area contributed by atoms with E-state index in [1.165, 1.54) is 12.1 Å². The number of nitrogens with two attached hydrogens (primary N) is 1. The first-order valence-electron chi connectivity index (χ1n) is 5.44. The van der Waals surface area contributed by atoms with Gasteiger partial charge in [0.2, 0.25) is 0 Å². The molecule has 106 valence electrons. The van der Waals surface area contributed by atoms with Crippen LogP contribution in [0.15, 0.2) is 23.4 Å². The minimum atomic E-state index is -3.81. The van der Waals surface area contributed by atoms with Crippen LogP contribution in [-0.4, -0.2) is 26.0 Å². The smallest absolute Gasteiger partial charge is 0.299 e. The Morgan fingerprint density at radius 2 is 2.21 bits per heavy atom. The fraction of sp³-hybridized carbons (Fsp3) is 0.300. The molecule has 0 aliphatic rings. The summed E-state index contributed by atoms with van der Waals surface area (Å²) < 4.78 is 41.0. The lowest BCUT2D eigenvalue weighted by atomic mass is 10.2. The number of nitrogens with one attached hydrogen (secondary N) is 2. The molecule has 0 unspecified atom stereocenters. The van der Waals surface area contributed by atoms with Crippen molar-refractivity contribution >= 4 is 21.7 Å². The van der Waals surface area contributed by atoms with Crippen molar-refractivity contribution in [2.24, 2.45) is 10.9 Å². The van der Waals surface area contributed by atoms with Crippen LogP contribution in [0.25, 0.3) is 0 Å². The third kappa shape index (κ3) is 4.38. The minimum absolute atomic E-state index is 0.143. The highest BCUT2D eigenvalue weighted by Gasteiger charge is 2.13. The van der Waals surface area contributed by atoms with Crippen molar-refractivity contribution in [3.05, 3.63) is 29.6 Å². The highest BCUT2D eigenvalue weighted by molar-refractivity contribution is 7.90. The molecule has 9 heteroatoms. The summed E-state index contributed by atoms with van der Waals surface area (Å²) in [5.41, 5.74) is 5.21. The van der Waals surface area contributed by atoms with Gasteiger partial charge in [-0.1, -0.05) is 12.1 Å². The highest BCUT2D eigenvalue weighted by atomic mass is 32.2. The largest absolute Gasteiger partial charge is 0.409 e. The Hall–Kier alpha value is -1.87. The molecule has 0 radical (unpaired) electrons. The van der Waals surface area contributed by atoms with Crippen LogP contribution < -0.4 is 15.2 Å². The van der Waals surface area contributed by atoms with E-state index >= 15 is 0 Å². The molecule has 1 rings (SSSR count). The molecule has 0 aliphatic carbocycles. The van der Waals surface area contributed by atoms with Gasteiger partial charge in [-0.05, 0) is 24.6 Å². The number of rotatable bonds is 6. The molecular formula is C10H15FN4O3S. The number of anilines is 1. The molecule has 0 atom stereocenters. The third-order valence-electron chi connectivity index (χ3n) is 2.16. The Balaban J connectivity index is 2.92. The Morgan fingerprint density at radius 1 is 1.53 bits per heavy atom. The first-order valence-corrected chi connectivity index (χ1v) is 6.92. The molecule has 0 saturated carbocycles. The predicted octanol–water partition coefficient (Wildman–Crippen LogP) is 0.577. The molecule has 0 amide bonds. The van der Waals surface area contributed by atoms with E-state index in [2.05, 4.69) is 9.88 Å². The summed E-state index contributed by atoms with van der Waals surface area (Å²) in [6.45, 7) is 2.05. The fourth-order valence-corrected chi connectivity index (χ4v) is 2.23. The number of oxime groups is 1. The molecule has 0 saturated heterocycles. The first kappa shape index (κ1) is 15.2. The van der Waals surface area contributed by atoms with Gasteiger partial charge in [0.05, 0.1) is 5.69 Å². The molecule has 0 aromatic heterocycles. The average Bonchev–Trinajstić information content (AvgIpc) is 2.37. The molecule has 0 aliphatic heterocycles. The van der Waals surface area contributed by atoms with Gasteiger partial charge in [0.1, 0.15) is 5.82 Å². The van der Waals surface area contributed by atoms with Crippen LogP contribution in [0.3, 0.4) is 0 Å². The van der Waals surface area contributed by atoms with Gasteiger partial charge in [0.25, 0.3) is 10.2 Å². The highest BCUT2D eigenvalue weighted by Crippen LogP contribution is 2.16. The van der Waals surface area contributed by atoms with Crippen molar-refractivity contribution in [2.45, 2.75) is 13.3 Å². The lowest BCUT2D eigenvalue weighted by molar-refractivity contribution is 0.318. The maximum absolute atomic E-state index is 13.7. The summed E-state index contributed by atoms with van der Waals surface area (Å²) in [6.07, 6.45) is 0.617. The van der Waals surface area contributed by atoms with Gasteiger partial charge in [-0.25, -0.2) is 4.39 Å². The van der Waals surface area contributed by atoms with Gasteiger partial charge >= 0.3 is 0 Å². The van der Waals surface area contributed by atoms with Crippen LogP contribution in [-0.2, 0) is 10.2 Å². The zero-order valence-electron chi connectivity index (χ0n) is 10.2. The van der Waals surface area contributed by atoms with E-state index in [9.17, 15) is 12.8 Å². The zero-order chi connectivity index (χ0) is 14.5. The molecule has 0 fully saturated rings. The van der Waals surface area contributed by atoms with Crippen LogP contribution in [0, 0.1) is 5.82 Å². The predicted molar refractivity (Wildman–Crippen MR) is 69.7 cm³/mol. The number of amidine groups is 1. The second kappa shape index (κ2) is 6.34. The Bertz CT molecular complexity index is 574. The Kier molecular flexibility index (Phi) is 5.07. The second-order valence-electron chi connectivity index (χ2n) is 3.68. The molecule has 1 aromatic carbocycles. The first-order chi connectivity index (χ1) is 8.89. The lowest BCUT2D eigenvalue weighted by Gasteiger charge is -2.10. The Morgan fingerprint density at radius 3 is 2.74 bits per heavy atom. The second-order valence-corrected chi connectivity index (χ2v) is 5.18. The molecule has 7 nitrogen and oxygen atoms in total. The number of hydrogen-bond acceptors (Lipinski definition) is 4. The normalized spacial score (nSPS) is 12.4. The monoisotopic (exact) mass is 290 g/mol. The Labute approximate surface area is 110 Å². The van der Waals surface area contributed by atoms with Crippen molar-refractivity contribution in [3.63, 3.8) is 0 Å². The molecule has 0 spiro atoms. The van der Waals surface area contributed by atoms with E-state index in [1.54, 1.807) is 6.92 Å². The number of halogens is 1. The molecule has 0 bridgehead atoms. The van der Waals surface area contributed by atoms with Gasteiger partial charge in [-0.15, -0.1) is 0 Å². The summed E-state index contributed by atoms with van der Waals surface area (Å²) in [5.74, 6) is -1.09. The summed E-state index contributed by atoms with van der Waals surface area (Å²) >= 11 is 0. The molecule has 5 N–H and O–H groups in total. The van der Waals surface area contributed by atoms with Crippen LogP contribution in [0.1, 0.15) is 18.9 Å². The maximum atomic E-state index is 13.7. The third-order valence-corrected chi connectivity index (χ3v) is 3.23. The topological polar surface area (TPSA) is 117 Å². The van der Waals surface area contributed by atoms with Crippen LogP contribution in [0.4, 0.5) is 10.1 Å². The number of hydrogen-bond donors (Lipinski definition) is 4. The molecule has 19 heavy (non-hydrogen) atoms. The summed E-state index contributed by atoms with van der Waals surface area (Å²) in [5, 5.41) is 11.2. The SMILES string of the molecule is CCCNS(=O)(=O)Nc1ccc(/C(N)=N/O)cc1F. The number of benzene rings is 1. The van der Waals surface area contributed by atoms with E-state index in [4.69, 9.17) is 10.9 Å². The van der Waals surface area contributed by atoms with E-state index in [0.29, 0.717) is 6.42 Å². The molecular weight excluding hydrogens is 275 g/mol. The standard InChI is InChI=1S/C10H15FN4O3S/c1-2-5-13-19(17,18)15-9-4-3-7(6-8(9)11)10(12)14-16/h3-4,6,13,15-16H,2,5H2,1H3,(H2,12,14). The quantitative estimate of drug-likeness (QED) is 0.265. The lowest BCUT2D eigenvalue weighted by Crippen LogP contribution is -2.31. The minimum Gasteiger partial charge on any atom is -0.409 e. The van der Waals surface area contributed by atoms with E-state index in [-0.39, 0.29) is 23.6 Å². The fourth-order valence-electron chi connectivity index (χ4n) is 1.23. The van der Waals surface area contributed by atoms with Gasteiger partial charge in [-0.2, -0.15) is 13.1 Å². The van der Waals surface area contributed by atoms with Gasteiger partial charge in [0.15, 0.2) is 5.84 Å². The van der Waals surface area contributed by atoms with Crippen molar-refractivity contribution < 1.29 is 18.0 Å². The van der Waals surface area contributed by atoms with Crippen molar-refractivity contribution in [1.82, 2.24) is 4.72 Å². The molecule has 0 heterocycles. The van der Waals surface area contributed by atoms with Crippen molar-refractivity contribution in [1.29, 1.82) is 0 Å². The van der Waals surface area contributed by atoms with Crippen molar-refractivity contribution in [3.8, 4) is 0 Å². The van der Waals surface area contributed by atoms with Crippen LogP contribution >= 0.6 is 0 Å². The van der Waals surface area contributed by atoms with Crippen LogP contribution in [0.2, 0.25) is 0 Å². The van der Waals surface area contributed by atoms with E-state index in [1.807, 2.05) is 4.72 Å². The average molecular weight is 290 g/mol. The zero-order valence-corrected chi connectivity index (χ0v) is 11.0. The van der Waals surface area contributed by atoms with E-state index < -0.39 is 16.0 Å². The van der Waals surface area contributed by atoms with Crippen molar-refractivity contribution in [2.75, 3.05) is 11.3 Å². The van der Waals surface area contributed by atoms with Gasteiger partial charge in [0, 0.05) is 12.1 Å². The molecule has 1 aromatic rings. The summed E-state index contributed by atoms with van der Waals surface area (Å²) in [4.78, 5) is 0. The van der Waals surface area contributed by atoms with Gasteiger partial charge < -0.3 is 10.9 Å². The maximum Gasteiger partial charge on any atom is 0.299 e. The number of nitrogens with zero attached hydrogens (tertiary/aromatic N) is 1. The van der Waals surface area contributed by atoms with E-state index in [0.717, 1.165) is 6.07 Å². The van der Waals surface area contributed by atoms with Crippen LogP contribution in [0.5, 0.6) is 0 Å².